The van der Waals surface area contributed by atoms with Crippen LogP contribution >= 0.6 is 11.6 Å². The van der Waals surface area contributed by atoms with E-state index in [-0.39, 0.29) is 22.0 Å². The molecule has 0 aromatic heterocycles. The minimum absolute atomic E-state index is 0.210. The zero-order chi connectivity index (χ0) is 13.0. The molecule has 0 amide bonds. The molecule has 0 radical (unpaired) electrons. The first-order valence-electron chi connectivity index (χ1n) is 4.78. The van der Waals surface area contributed by atoms with Crippen molar-refractivity contribution in [3.05, 3.63) is 22.7 Å². The van der Waals surface area contributed by atoms with Crippen molar-refractivity contribution in [2.45, 2.75) is 13.0 Å². The summed E-state index contributed by atoms with van der Waals surface area (Å²) in [7, 11) is 1.26. The molecule has 0 saturated heterocycles. The van der Waals surface area contributed by atoms with Crippen LogP contribution in [0.1, 0.15) is 17.3 Å². The second kappa shape index (κ2) is 5.54. The van der Waals surface area contributed by atoms with Gasteiger partial charge in [-0.2, -0.15) is 0 Å². The first-order chi connectivity index (χ1) is 7.99. The Kier molecular flexibility index (Phi) is 4.34. The van der Waals surface area contributed by atoms with Crippen LogP contribution in [0.4, 0.5) is 5.69 Å². The van der Waals surface area contributed by atoms with E-state index in [1.807, 2.05) is 0 Å². The topological polar surface area (TPSA) is 78.6 Å². The second-order valence-corrected chi connectivity index (χ2v) is 3.72. The first-order valence-corrected chi connectivity index (χ1v) is 5.16. The van der Waals surface area contributed by atoms with E-state index >= 15 is 0 Å². The number of anilines is 1. The summed E-state index contributed by atoms with van der Waals surface area (Å²) >= 11 is 5.82. The summed E-state index contributed by atoms with van der Waals surface area (Å²) < 4.78 is 9.78. The number of carbonyl (C=O) groups is 2. The molecule has 0 aliphatic carbocycles. The molecule has 0 fully saturated rings. The minimum atomic E-state index is -0.805. The van der Waals surface area contributed by atoms with E-state index in [1.54, 1.807) is 0 Å². The molecule has 17 heavy (non-hydrogen) atoms. The van der Waals surface area contributed by atoms with Gasteiger partial charge in [-0.25, -0.2) is 4.79 Å². The van der Waals surface area contributed by atoms with E-state index in [9.17, 15) is 9.59 Å². The van der Waals surface area contributed by atoms with Gasteiger partial charge in [0.1, 0.15) is 5.75 Å². The molecule has 0 bridgehead atoms. The molecule has 2 N–H and O–H groups in total. The number of benzene rings is 1. The van der Waals surface area contributed by atoms with Gasteiger partial charge in [-0.3, -0.25) is 4.79 Å². The number of halogens is 1. The largest absolute Gasteiger partial charge is 0.477 e. The molecule has 1 rings (SSSR count). The summed E-state index contributed by atoms with van der Waals surface area (Å²) in [5, 5.41) is 0.210. The SMILES string of the molecule is COC(=O)C(C)Oc1cc(Cl)c(C=O)cc1N. The highest BCUT2D eigenvalue weighted by atomic mass is 35.5. The summed E-state index contributed by atoms with van der Waals surface area (Å²) in [5.74, 6) is -0.293. The number of hydrogen-bond donors (Lipinski definition) is 1. The Hall–Kier alpha value is -1.75. The normalized spacial score (nSPS) is 11.7. The molecule has 6 heteroatoms. The van der Waals surface area contributed by atoms with Gasteiger partial charge in [0.15, 0.2) is 12.4 Å². The van der Waals surface area contributed by atoms with E-state index in [0.29, 0.717) is 6.29 Å². The maximum absolute atomic E-state index is 11.2. The Morgan fingerprint density at radius 1 is 1.53 bits per heavy atom. The van der Waals surface area contributed by atoms with Crippen molar-refractivity contribution < 1.29 is 19.1 Å². The lowest BCUT2D eigenvalue weighted by molar-refractivity contribution is -0.147. The molecular weight excluding hydrogens is 246 g/mol. The summed E-state index contributed by atoms with van der Waals surface area (Å²) in [6.07, 6.45) is -0.216. The molecule has 1 aromatic carbocycles. The third-order valence-corrected chi connectivity index (χ3v) is 2.42. The van der Waals surface area contributed by atoms with E-state index < -0.39 is 12.1 Å². The third-order valence-electron chi connectivity index (χ3n) is 2.09. The Morgan fingerprint density at radius 3 is 2.71 bits per heavy atom. The van der Waals surface area contributed by atoms with E-state index in [4.69, 9.17) is 22.1 Å². The van der Waals surface area contributed by atoms with E-state index in [1.165, 1.54) is 26.2 Å². The number of methoxy groups -OCH3 is 1. The van der Waals surface area contributed by atoms with Crippen LogP contribution in [0.15, 0.2) is 12.1 Å². The fourth-order valence-electron chi connectivity index (χ4n) is 1.19. The maximum Gasteiger partial charge on any atom is 0.346 e. The first kappa shape index (κ1) is 13.3. The van der Waals surface area contributed by atoms with Crippen molar-refractivity contribution in [1.29, 1.82) is 0 Å². The molecule has 0 aliphatic rings. The zero-order valence-corrected chi connectivity index (χ0v) is 10.2. The highest BCUT2D eigenvalue weighted by Crippen LogP contribution is 2.29. The van der Waals surface area contributed by atoms with Crippen LogP contribution in [-0.2, 0) is 9.53 Å². The van der Waals surface area contributed by atoms with Gasteiger partial charge < -0.3 is 15.2 Å². The van der Waals surface area contributed by atoms with Gasteiger partial charge in [-0.1, -0.05) is 11.6 Å². The van der Waals surface area contributed by atoms with Gasteiger partial charge >= 0.3 is 5.97 Å². The highest BCUT2D eigenvalue weighted by molar-refractivity contribution is 6.33. The highest BCUT2D eigenvalue weighted by Gasteiger charge is 2.17. The number of ether oxygens (including phenoxy) is 2. The quantitative estimate of drug-likeness (QED) is 0.504. The lowest BCUT2D eigenvalue weighted by Gasteiger charge is -2.14. The summed E-state index contributed by atoms with van der Waals surface area (Å²) in [5.41, 5.74) is 6.16. The summed E-state index contributed by atoms with van der Waals surface area (Å²) in [4.78, 5) is 21.8. The van der Waals surface area contributed by atoms with Crippen LogP contribution in [-0.4, -0.2) is 25.5 Å². The Bertz CT molecular complexity index is 447. The molecule has 1 aromatic rings. The molecule has 1 atom stereocenters. The van der Waals surface area contributed by atoms with Crippen LogP contribution in [0, 0.1) is 0 Å². The predicted molar refractivity (Wildman–Crippen MR) is 63.4 cm³/mol. The Balaban J connectivity index is 2.96. The van der Waals surface area contributed by atoms with Crippen molar-refractivity contribution in [2.75, 3.05) is 12.8 Å². The molecule has 0 aliphatic heterocycles. The second-order valence-electron chi connectivity index (χ2n) is 3.31. The number of esters is 1. The zero-order valence-electron chi connectivity index (χ0n) is 9.40. The van der Waals surface area contributed by atoms with E-state index in [0.717, 1.165) is 0 Å². The van der Waals surface area contributed by atoms with Gasteiger partial charge in [0.2, 0.25) is 0 Å². The fourth-order valence-corrected chi connectivity index (χ4v) is 1.38. The predicted octanol–water partition coefficient (Wildman–Crippen LogP) is 1.68. The fraction of sp³-hybridized carbons (Fsp3) is 0.273. The van der Waals surface area contributed by atoms with Crippen molar-refractivity contribution in [3.8, 4) is 5.75 Å². The molecule has 0 saturated carbocycles. The molecule has 1 unspecified atom stereocenters. The van der Waals surface area contributed by atoms with Crippen molar-refractivity contribution in [2.24, 2.45) is 0 Å². The smallest absolute Gasteiger partial charge is 0.346 e. The number of hydrogen-bond acceptors (Lipinski definition) is 5. The third kappa shape index (κ3) is 3.10. The Morgan fingerprint density at radius 2 is 2.18 bits per heavy atom. The number of aldehydes is 1. The number of nitrogens with two attached hydrogens (primary N) is 1. The van der Waals surface area contributed by atoms with Gasteiger partial charge in [-0.05, 0) is 13.0 Å². The minimum Gasteiger partial charge on any atom is -0.477 e. The van der Waals surface area contributed by atoms with Crippen LogP contribution in [0.2, 0.25) is 5.02 Å². The number of nitrogen functional groups attached to an aromatic ring is 1. The molecule has 0 heterocycles. The number of carbonyl (C=O) groups excluding carboxylic acids is 2. The van der Waals surface area contributed by atoms with Gasteiger partial charge in [0.05, 0.1) is 17.8 Å². The van der Waals surface area contributed by atoms with Gasteiger partial charge in [-0.15, -0.1) is 0 Å². The Labute approximate surface area is 103 Å². The van der Waals surface area contributed by atoms with Crippen molar-refractivity contribution in [1.82, 2.24) is 0 Å². The van der Waals surface area contributed by atoms with Gasteiger partial charge in [0, 0.05) is 11.6 Å². The lowest BCUT2D eigenvalue weighted by atomic mass is 10.2. The van der Waals surface area contributed by atoms with Crippen molar-refractivity contribution in [3.63, 3.8) is 0 Å². The van der Waals surface area contributed by atoms with Crippen molar-refractivity contribution >= 4 is 29.5 Å². The standard InChI is InChI=1S/C11H12ClNO4/c1-6(11(15)16-2)17-10-4-8(12)7(5-14)3-9(10)13/h3-6H,13H2,1-2H3. The average molecular weight is 258 g/mol. The maximum atomic E-state index is 11.2. The molecule has 0 spiro atoms. The number of rotatable bonds is 4. The van der Waals surface area contributed by atoms with Crippen LogP contribution in [0.25, 0.3) is 0 Å². The van der Waals surface area contributed by atoms with E-state index in [2.05, 4.69) is 4.74 Å². The molecule has 5 nitrogen and oxygen atoms in total. The summed E-state index contributed by atoms with van der Waals surface area (Å²) in [6.45, 7) is 1.52. The molecular formula is C11H12ClNO4. The average Bonchev–Trinajstić information content (AvgIpc) is 2.32. The van der Waals surface area contributed by atoms with Crippen LogP contribution < -0.4 is 10.5 Å². The van der Waals surface area contributed by atoms with Crippen LogP contribution in [0.3, 0.4) is 0 Å². The summed E-state index contributed by atoms with van der Waals surface area (Å²) in [6, 6.07) is 2.77. The molecule has 92 valence electrons. The van der Waals surface area contributed by atoms with Crippen LogP contribution in [0.5, 0.6) is 5.75 Å². The lowest BCUT2D eigenvalue weighted by Crippen LogP contribution is -2.25. The van der Waals surface area contributed by atoms with Gasteiger partial charge in [0.25, 0.3) is 0 Å². The monoisotopic (exact) mass is 257 g/mol.